The highest BCUT2D eigenvalue weighted by Gasteiger charge is 2.07. The number of aliphatic imine (C=N–C) groups is 1. The van der Waals surface area contributed by atoms with Gasteiger partial charge in [-0.1, -0.05) is 18.2 Å². The molecular formula is C23H29N7O. The number of hydrogen-bond donors (Lipinski definition) is 2. The van der Waals surface area contributed by atoms with Crippen molar-refractivity contribution < 1.29 is 4.79 Å². The molecule has 3 aromatic rings. The molecule has 2 aromatic heterocycles. The summed E-state index contributed by atoms with van der Waals surface area (Å²) in [4.78, 5) is 27.0. The summed E-state index contributed by atoms with van der Waals surface area (Å²) in [6.45, 7) is 5.87. The number of nitrogens with one attached hydrogen (secondary N) is 2. The summed E-state index contributed by atoms with van der Waals surface area (Å²) >= 11 is 0. The lowest BCUT2D eigenvalue weighted by molar-refractivity contribution is 0.0827. The number of hydrogen-bond acceptors (Lipinski definition) is 4. The maximum atomic E-state index is 12.0. The number of pyridine rings is 1. The minimum absolute atomic E-state index is 0.00256. The van der Waals surface area contributed by atoms with Gasteiger partial charge >= 0.3 is 0 Å². The molecule has 3 rings (SSSR count). The third-order valence-electron chi connectivity index (χ3n) is 4.71. The van der Waals surface area contributed by atoms with E-state index in [1.165, 1.54) is 0 Å². The Kier molecular flexibility index (Phi) is 7.37. The first kappa shape index (κ1) is 22.0. The van der Waals surface area contributed by atoms with Crippen molar-refractivity contribution >= 4 is 11.9 Å². The van der Waals surface area contributed by atoms with Gasteiger partial charge in [-0.05, 0) is 43.2 Å². The third-order valence-corrected chi connectivity index (χ3v) is 4.71. The van der Waals surface area contributed by atoms with Crippen LogP contribution in [0.3, 0.4) is 0 Å². The Balaban J connectivity index is 1.60. The van der Waals surface area contributed by atoms with Crippen molar-refractivity contribution in [1.82, 2.24) is 30.1 Å². The zero-order valence-corrected chi connectivity index (χ0v) is 18.5. The number of aromatic nitrogens is 3. The van der Waals surface area contributed by atoms with Crippen LogP contribution < -0.4 is 10.6 Å². The van der Waals surface area contributed by atoms with Gasteiger partial charge in [-0.3, -0.25) is 9.36 Å². The molecule has 0 saturated heterocycles. The highest BCUT2D eigenvalue weighted by molar-refractivity contribution is 5.93. The van der Waals surface area contributed by atoms with Gasteiger partial charge in [0.25, 0.3) is 5.91 Å². The van der Waals surface area contributed by atoms with Crippen molar-refractivity contribution in [3.63, 3.8) is 0 Å². The number of benzene rings is 1. The molecule has 0 saturated carbocycles. The molecular weight excluding hydrogens is 390 g/mol. The molecule has 0 aliphatic rings. The fraction of sp³-hybridized carbons (Fsp3) is 0.304. The minimum atomic E-state index is -0.00256. The number of carbonyl (C=O) groups is 1. The smallest absolute Gasteiger partial charge is 0.253 e. The Bertz CT molecular complexity index is 1020. The lowest BCUT2D eigenvalue weighted by atomic mass is 10.1. The van der Waals surface area contributed by atoms with Crippen LogP contribution in [0, 0.1) is 6.92 Å². The standard InChI is InChI=1S/C23H29N7O/c1-5-24-23(27-14-18-6-9-20(10-7-18)22(31)29(3)4)28-16-19-8-11-21(26-15-19)30-13-12-25-17(30)2/h6-13,15H,5,14,16H2,1-4H3,(H2,24,27,28). The quantitative estimate of drug-likeness (QED) is 0.454. The first-order valence-electron chi connectivity index (χ1n) is 10.3. The molecule has 31 heavy (non-hydrogen) atoms. The number of guanidine groups is 1. The van der Waals surface area contributed by atoms with E-state index in [4.69, 9.17) is 0 Å². The van der Waals surface area contributed by atoms with Gasteiger partial charge in [0.15, 0.2) is 5.96 Å². The van der Waals surface area contributed by atoms with E-state index in [2.05, 4.69) is 25.6 Å². The van der Waals surface area contributed by atoms with E-state index in [1.54, 1.807) is 25.2 Å². The Morgan fingerprint density at radius 3 is 2.39 bits per heavy atom. The SMILES string of the molecule is CCNC(=NCc1ccc(-n2ccnc2C)nc1)NCc1ccc(C(=O)N(C)C)cc1. The summed E-state index contributed by atoms with van der Waals surface area (Å²) in [5.74, 6) is 2.46. The zero-order valence-electron chi connectivity index (χ0n) is 18.5. The van der Waals surface area contributed by atoms with Crippen LogP contribution in [0.15, 0.2) is 60.0 Å². The second-order valence-corrected chi connectivity index (χ2v) is 7.31. The van der Waals surface area contributed by atoms with Crippen LogP contribution in [-0.2, 0) is 13.1 Å². The predicted octanol–water partition coefficient (Wildman–Crippen LogP) is 2.53. The topological polar surface area (TPSA) is 87.4 Å². The zero-order chi connectivity index (χ0) is 22.2. The largest absolute Gasteiger partial charge is 0.357 e. The van der Waals surface area contributed by atoms with E-state index in [0.29, 0.717) is 18.7 Å². The summed E-state index contributed by atoms with van der Waals surface area (Å²) < 4.78 is 1.94. The van der Waals surface area contributed by atoms with E-state index < -0.39 is 0 Å². The highest BCUT2D eigenvalue weighted by Crippen LogP contribution is 2.09. The lowest BCUT2D eigenvalue weighted by Gasteiger charge is -2.13. The number of amides is 1. The predicted molar refractivity (Wildman–Crippen MR) is 122 cm³/mol. The van der Waals surface area contributed by atoms with E-state index in [1.807, 2.05) is 67.2 Å². The molecule has 8 heteroatoms. The van der Waals surface area contributed by atoms with Crippen molar-refractivity contribution in [2.24, 2.45) is 4.99 Å². The maximum Gasteiger partial charge on any atom is 0.253 e. The van der Waals surface area contributed by atoms with Crippen LogP contribution in [0.5, 0.6) is 0 Å². The molecule has 2 N–H and O–H groups in total. The Morgan fingerprint density at radius 1 is 1.06 bits per heavy atom. The van der Waals surface area contributed by atoms with Crippen molar-refractivity contribution in [3.05, 3.63) is 77.5 Å². The number of carbonyl (C=O) groups excluding carboxylic acids is 1. The lowest BCUT2D eigenvalue weighted by Crippen LogP contribution is -2.36. The summed E-state index contributed by atoms with van der Waals surface area (Å²) in [7, 11) is 3.50. The second kappa shape index (κ2) is 10.4. The first-order chi connectivity index (χ1) is 15.0. The van der Waals surface area contributed by atoms with Crippen LogP contribution >= 0.6 is 0 Å². The average molecular weight is 420 g/mol. The van der Waals surface area contributed by atoms with Crippen LogP contribution in [0.25, 0.3) is 5.82 Å². The summed E-state index contributed by atoms with van der Waals surface area (Å²) in [6.07, 6.45) is 5.49. The monoisotopic (exact) mass is 419 g/mol. The molecule has 0 aliphatic heterocycles. The molecule has 0 aliphatic carbocycles. The van der Waals surface area contributed by atoms with Gasteiger partial charge in [0.1, 0.15) is 11.6 Å². The van der Waals surface area contributed by atoms with Gasteiger partial charge < -0.3 is 15.5 Å². The van der Waals surface area contributed by atoms with Gasteiger partial charge in [0, 0.05) is 51.3 Å². The molecule has 162 valence electrons. The fourth-order valence-electron chi connectivity index (χ4n) is 2.99. The molecule has 0 fully saturated rings. The third kappa shape index (κ3) is 5.91. The average Bonchev–Trinajstić information content (AvgIpc) is 3.21. The van der Waals surface area contributed by atoms with Crippen LogP contribution in [0.2, 0.25) is 0 Å². The van der Waals surface area contributed by atoms with E-state index in [9.17, 15) is 4.79 Å². The molecule has 0 radical (unpaired) electrons. The molecule has 0 unspecified atom stereocenters. The van der Waals surface area contributed by atoms with E-state index in [-0.39, 0.29) is 5.91 Å². The number of rotatable bonds is 7. The van der Waals surface area contributed by atoms with Crippen molar-refractivity contribution in [2.45, 2.75) is 26.9 Å². The molecule has 0 bridgehead atoms. The summed E-state index contributed by atoms with van der Waals surface area (Å²) in [5.41, 5.74) is 2.77. The van der Waals surface area contributed by atoms with Gasteiger partial charge in [0.05, 0.1) is 6.54 Å². The van der Waals surface area contributed by atoms with Crippen molar-refractivity contribution in [1.29, 1.82) is 0 Å². The Labute approximate surface area is 183 Å². The molecule has 0 atom stereocenters. The van der Waals surface area contributed by atoms with Crippen molar-refractivity contribution in [2.75, 3.05) is 20.6 Å². The molecule has 1 aromatic carbocycles. The molecule has 0 spiro atoms. The number of nitrogens with zero attached hydrogens (tertiary/aromatic N) is 5. The van der Waals surface area contributed by atoms with Crippen LogP contribution in [0.1, 0.15) is 34.2 Å². The van der Waals surface area contributed by atoms with Gasteiger partial charge in [0.2, 0.25) is 0 Å². The fourth-order valence-corrected chi connectivity index (χ4v) is 2.99. The summed E-state index contributed by atoms with van der Waals surface area (Å²) in [6, 6.07) is 11.6. The van der Waals surface area contributed by atoms with Gasteiger partial charge in [-0.15, -0.1) is 0 Å². The van der Waals surface area contributed by atoms with Crippen LogP contribution in [-0.4, -0.2) is 51.9 Å². The Morgan fingerprint density at radius 2 is 1.81 bits per heavy atom. The number of aryl methyl sites for hydroxylation is 1. The molecule has 1 amide bonds. The molecule has 2 heterocycles. The van der Waals surface area contributed by atoms with Gasteiger partial charge in [-0.25, -0.2) is 15.0 Å². The van der Waals surface area contributed by atoms with Gasteiger partial charge in [-0.2, -0.15) is 0 Å². The normalized spacial score (nSPS) is 11.3. The minimum Gasteiger partial charge on any atom is -0.357 e. The first-order valence-corrected chi connectivity index (χ1v) is 10.3. The maximum absolute atomic E-state index is 12.0. The molecule has 8 nitrogen and oxygen atoms in total. The second-order valence-electron chi connectivity index (χ2n) is 7.31. The van der Waals surface area contributed by atoms with E-state index >= 15 is 0 Å². The Hall–Kier alpha value is -3.68. The highest BCUT2D eigenvalue weighted by atomic mass is 16.2. The summed E-state index contributed by atoms with van der Waals surface area (Å²) in [5, 5.41) is 6.58. The van der Waals surface area contributed by atoms with Crippen LogP contribution in [0.4, 0.5) is 0 Å². The van der Waals surface area contributed by atoms with E-state index in [0.717, 1.165) is 35.3 Å². The number of imidazole rings is 1. The van der Waals surface area contributed by atoms with Crippen molar-refractivity contribution in [3.8, 4) is 5.82 Å².